The normalized spacial score (nSPS) is 20.5. The summed E-state index contributed by atoms with van der Waals surface area (Å²) in [6.45, 7) is 1.45. The molecule has 1 aromatic heterocycles. The molecule has 0 spiro atoms. The average molecular weight is 287 g/mol. The number of H-pyrrole nitrogens is 1. The molecule has 0 saturated carbocycles. The van der Waals surface area contributed by atoms with Crippen molar-refractivity contribution in [3.8, 4) is 0 Å². The lowest BCUT2D eigenvalue weighted by Gasteiger charge is -2.32. The Labute approximate surface area is 111 Å². The Kier molecular flexibility index (Phi) is 4.17. The topological polar surface area (TPSA) is 121 Å². The molecule has 19 heavy (non-hydrogen) atoms. The fourth-order valence-corrected chi connectivity index (χ4v) is 2.67. The summed E-state index contributed by atoms with van der Waals surface area (Å²) in [7, 11) is -3.67. The maximum Gasteiger partial charge on any atom is 0.274 e. The smallest absolute Gasteiger partial charge is 0.274 e. The highest BCUT2D eigenvalue weighted by Crippen LogP contribution is 2.17. The number of likely N-dealkylation sites (tertiary alicyclic amines) is 1. The Morgan fingerprint density at radius 1 is 1.63 bits per heavy atom. The second-order valence-corrected chi connectivity index (χ2v) is 6.02. The molecular weight excluding hydrogens is 270 g/mol. The molecule has 9 heteroatoms. The van der Waals surface area contributed by atoms with E-state index >= 15 is 0 Å². The van der Waals surface area contributed by atoms with E-state index in [9.17, 15) is 13.2 Å². The number of aromatic amines is 1. The highest BCUT2D eigenvalue weighted by Gasteiger charge is 2.25. The van der Waals surface area contributed by atoms with E-state index < -0.39 is 10.2 Å². The van der Waals surface area contributed by atoms with Gasteiger partial charge in [0.05, 0.1) is 11.8 Å². The van der Waals surface area contributed by atoms with Crippen molar-refractivity contribution in [2.45, 2.75) is 12.8 Å². The zero-order chi connectivity index (χ0) is 13.9. The van der Waals surface area contributed by atoms with Crippen molar-refractivity contribution in [1.29, 1.82) is 0 Å². The van der Waals surface area contributed by atoms with E-state index in [1.54, 1.807) is 11.1 Å². The van der Waals surface area contributed by atoms with Gasteiger partial charge in [0.2, 0.25) is 0 Å². The summed E-state index contributed by atoms with van der Waals surface area (Å²) in [6, 6.07) is 0. The van der Waals surface area contributed by atoms with Crippen molar-refractivity contribution in [3.63, 3.8) is 0 Å². The molecule has 1 fully saturated rings. The van der Waals surface area contributed by atoms with Gasteiger partial charge in [-0.3, -0.25) is 9.89 Å². The predicted octanol–water partition coefficient (Wildman–Crippen LogP) is -0.945. The maximum atomic E-state index is 12.1. The molecule has 1 atom stereocenters. The molecule has 2 rings (SSSR count). The number of nitrogens with two attached hydrogens (primary N) is 1. The van der Waals surface area contributed by atoms with Crippen LogP contribution in [-0.4, -0.2) is 49.1 Å². The number of nitrogens with one attached hydrogen (secondary N) is 2. The van der Waals surface area contributed by atoms with Crippen molar-refractivity contribution < 1.29 is 13.2 Å². The van der Waals surface area contributed by atoms with Crippen LogP contribution in [0.3, 0.4) is 0 Å². The van der Waals surface area contributed by atoms with Gasteiger partial charge in [-0.15, -0.1) is 0 Å². The van der Waals surface area contributed by atoms with Crippen LogP contribution in [0.25, 0.3) is 0 Å². The van der Waals surface area contributed by atoms with Crippen LogP contribution in [0, 0.1) is 5.92 Å². The molecule has 4 N–H and O–H groups in total. The lowest BCUT2D eigenvalue weighted by molar-refractivity contribution is 0.0676. The molecule has 1 unspecified atom stereocenters. The van der Waals surface area contributed by atoms with E-state index in [0.717, 1.165) is 12.8 Å². The van der Waals surface area contributed by atoms with E-state index in [-0.39, 0.29) is 18.4 Å². The monoisotopic (exact) mass is 287 g/mol. The van der Waals surface area contributed by atoms with Crippen molar-refractivity contribution in [3.05, 3.63) is 18.0 Å². The third kappa shape index (κ3) is 4.01. The minimum Gasteiger partial charge on any atom is -0.338 e. The summed E-state index contributed by atoms with van der Waals surface area (Å²) in [5.74, 6) is -0.00279. The van der Waals surface area contributed by atoms with Gasteiger partial charge in [-0.1, -0.05) is 0 Å². The van der Waals surface area contributed by atoms with Gasteiger partial charge >= 0.3 is 0 Å². The molecule has 0 bridgehead atoms. The Bertz CT molecular complexity index is 527. The highest BCUT2D eigenvalue weighted by atomic mass is 32.2. The summed E-state index contributed by atoms with van der Waals surface area (Å²) in [5.41, 5.74) is 0.514. The first kappa shape index (κ1) is 14.0. The fraction of sp³-hybridized carbons (Fsp3) is 0.600. The largest absolute Gasteiger partial charge is 0.338 e. The van der Waals surface area contributed by atoms with Crippen LogP contribution in [0.1, 0.15) is 23.2 Å². The number of nitrogens with zero attached hydrogens (tertiary/aromatic N) is 2. The first-order valence-electron chi connectivity index (χ1n) is 6.01. The van der Waals surface area contributed by atoms with Crippen LogP contribution in [0.15, 0.2) is 12.4 Å². The van der Waals surface area contributed by atoms with Crippen molar-refractivity contribution in [2.24, 2.45) is 11.1 Å². The Hall–Kier alpha value is -1.45. The number of carbonyl (C=O) groups excluding carboxylic acids is 1. The van der Waals surface area contributed by atoms with Gasteiger partial charge in [-0.25, -0.2) is 9.86 Å². The number of amides is 1. The molecule has 106 valence electrons. The van der Waals surface area contributed by atoms with Crippen LogP contribution in [0.2, 0.25) is 0 Å². The number of carbonyl (C=O) groups is 1. The highest BCUT2D eigenvalue weighted by molar-refractivity contribution is 7.87. The Morgan fingerprint density at radius 2 is 2.42 bits per heavy atom. The lowest BCUT2D eigenvalue weighted by atomic mass is 9.98. The summed E-state index contributed by atoms with van der Waals surface area (Å²) < 4.78 is 24.0. The summed E-state index contributed by atoms with van der Waals surface area (Å²) in [4.78, 5) is 13.8. The van der Waals surface area contributed by atoms with Crippen LogP contribution in [0.5, 0.6) is 0 Å². The summed E-state index contributed by atoms with van der Waals surface area (Å²) in [6.07, 6.45) is 4.75. The quantitative estimate of drug-likeness (QED) is 0.661. The van der Waals surface area contributed by atoms with Crippen LogP contribution < -0.4 is 9.86 Å². The maximum absolute atomic E-state index is 12.1. The zero-order valence-electron chi connectivity index (χ0n) is 10.4. The Balaban J connectivity index is 1.92. The minimum atomic E-state index is -3.67. The first-order chi connectivity index (χ1) is 8.96. The number of rotatable bonds is 4. The molecule has 0 radical (unpaired) electrons. The van der Waals surface area contributed by atoms with Crippen molar-refractivity contribution in [1.82, 2.24) is 19.8 Å². The Morgan fingerprint density at radius 3 is 3.05 bits per heavy atom. The molecule has 2 heterocycles. The number of piperidine rings is 1. The average Bonchev–Trinajstić information content (AvgIpc) is 2.89. The second-order valence-electron chi connectivity index (χ2n) is 4.64. The molecule has 1 aliphatic rings. The molecule has 1 aromatic rings. The SMILES string of the molecule is NS(=O)(=O)NCC1CCCN(C(=O)c2cn[nH]c2)C1. The second kappa shape index (κ2) is 5.68. The van der Waals surface area contributed by atoms with E-state index in [2.05, 4.69) is 14.9 Å². The predicted molar refractivity (Wildman–Crippen MR) is 68.3 cm³/mol. The third-order valence-electron chi connectivity index (χ3n) is 3.12. The van der Waals surface area contributed by atoms with E-state index in [1.807, 2.05) is 0 Å². The number of hydrogen-bond acceptors (Lipinski definition) is 4. The van der Waals surface area contributed by atoms with E-state index in [4.69, 9.17) is 5.14 Å². The van der Waals surface area contributed by atoms with E-state index in [0.29, 0.717) is 18.7 Å². The van der Waals surface area contributed by atoms with Crippen LogP contribution >= 0.6 is 0 Å². The standard InChI is InChI=1S/C10H17N5O3S/c11-19(17,18)14-4-8-2-1-3-15(7-8)10(16)9-5-12-13-6-9/h5-6,8,14H,1-4,7H2,(H,12,13)(H2,11,17,18). The summed E-state index contributed by atoms with van der Waals surface area (Å²) >= 11 is 0. The van der Waals surface area contributed by atoms with Crippen molar-refractivity contribution in [2.75, 3.05) is 19.6 Å². The number of aromatic nitrogens is 2. The van der Waals surface area contributed by atoms with Crippen LogP contribution in [0.4, 0.5) is 0 Å². The first-order valence-corrected chi connectivity index (χ1v) is 7.56. The van der Waals surface area contributed by atoms with Gasteiger partial charge in [0.15, 0.2) is 0 Å². The fourth-order valence-electron chi connectivity index (χ4n) is 2.20. The van der Waals surface area contributed by atoms with Crippen LogP contribution in [-0.2, 0) is 10.2 Å². The van der Waals surface area contributed by atoms with Gasteiger partial charge in [-0.05, 0) is 18.8 Å². The van der Waals surface area contributed by atoms with Gasteiger partial charge in [0.25, 0.3) is 16.1 Å². The van der Waals surface area contributed by atoms with Gasteiger partial charge in [0.1, 0.15) is 0 Å². The summed E-state index contributed by atoms with van der Waals surface area (Å²) in [5, 5.41) is 11.2. The molecule has 8 nitrogen and oxygen atoms in total. The minimum absolute atomic E-state index is 0.0860. The van der Waals surface area contributed by atoms with Crippen molar-refractivity contribution >= 4 is 16.1 Å². The zero-order valence-corrected chi connectivity index (χ0v) is 11.2. The lowest BCUT2D eigenvalue weighted by Crippen LogP contribution is -2.44. The third-order valence-corrected chi connectivity index (χ3v) is 3.69. The molecule has 1 amide bonds. The molecule has 0 aliphatic carbocycles. The molecule has 1 aliphatic heterocycles. The number of hydrogen-bond donors (Lipinski definition) is 3. The van der Waals surface area contributed by atoms with E-state index in [1.165, 1.54) is 6.20 Å². The van der Waals surface area contributed by atoms with Gasteiger partial charge in [-0.2, -0.15) is 13.5 Å². The van der Waals surface area contributed by atoms with Gasteiger partial charge < -0.3 is 4.90 Å². The van der Waals surface area contributed by atoms with Gasteiger partial charge in [0, 0.05) is 25.8 Å². The molecule has 0 aromatic carbocycles. The molecule has 1 saturated heterocycles. The molecular formula is C10H17N5O3S.